The molecule has 0 fully saturated rings. The van der Waals surface area contributed by atoms with E-state index in [9.17, 15) is 0 Å². The minimum Gasteiger partial charge on any atom is -0.126 e. The third kappa shape index (κ3) is 3.25. The molecule has 0 radical (unpaired) electrons. The Hall–Kier alpha value is 0.647. The molecule has 0 aromatic rings. The Balaban J connectivity index is 2.99. The van der Waals surface area contributed by atoms with Crippen LogP contribution >= 0.6 is 7.47 Å². The molecular weight excluding hydrogens is 119 g/mol. The van der Waals surface area contributed by atoms with Crippen LogP contribution in [0.4, 0.5) is 0 Å². The van der Waals surface area contributed by atoms with Crippen molar-refractivity contribution in [3.63, 3.8) is 0 Å². The van der Waals surface area contributed by atoms with Gasteiger partial charge in [0.25, 0.3) is 0 Å². The largest absolute Gasteiger partial charge is 0.126 e. The second kappa shape index (κ2) is 4.80. The second-order valence-corrected chi connectivity index (χ2v) is 9.44. The predicted octanol–water partition coefficient (Wildman–Crippen LogP) is 1.64. The smallest absolute Gasteiger partial charge is 0.0460 e. The Bertz CT molecular complexity index is 29.6. The third-order valence-electron chi connectivity index (χ3n) is 1.34. The van der Waals surface area contributed by atoms with Gasteiger partial charge in [0.05, 0.1) is 0 Å². The molecular formula is C5H15PSi. The van der Waals surface area contributed by atoms with Gasteiger partial charge in [-0.25, -0.2) is 0 Å². The Morgan fingerprint density at radius 1 is 1.29 bits per heavy atom. The summed E-state index contributed by atoms with van der Waals surface area (Å²) >= 11 is 0. The van der Waals surface area contributed by atoms with Gasteiger partial charge in [0.1, 0.15) is 0 Å². The first-order valence-electron chi connectivity index (χ1n) is 3.07. The molecule has 0 atom stereocenters. The van der Waals surface area contributed by atoms with Gasteiger partial charge in [-0.05, 0) is 12.3 Å². The lowest BCUT2D eigenvalue weighted by atomic mass is 11.0. The zero-order valence-electron chi connectivity index (χ0n) is 5.57. The molecule has 0 heterocycles. The van der Waals surface area contributed by atoms with E-state index in [1.54, 1.807) is 0 Å². The molecule has 0 aromatic carbocycles. The van der Waals surface area contributed by atoms with Crippen LogP contribution in [0.1, 0.15) is 13.8 Å². The number of hydrogen-bond acceptors (Lipinski definition) is 0. The first-order valence-corrected chi connectivity index (χ1v) is 8.28. The van der Waals surface area contributed by atoms with Crippen molar-refractivity contribution >= 4 is 16.7 Å². The van der Waals surface area contributed by atoms with Crippen LogP contribution in [-0.2, 0) is 0 Å². The first-order chi connectivity index (χ1) is 3.35. The van der Waals surface area contributed by atoms with E-state index in [0.717, 1.165) is 0 Å². The Morgan fingerprint density at radius 2 is 1.71 bits per heavy atom. The summed E-state index contributed by atoms with van der Waals surface area (Å²) in [6, 6.07) is 0. The molecule has 0 bridgehead atoms. The van der Waals surface area contributed by atoms with E-state index in [0.29, 0.717) is 16.7 Å². The zero-order valence-corrected chi connectivity index (χ0v) is 7.88. The van der Waals surface area contributed by atoms with Crippen molar-refractivity contribution < 1.29 is 0 Å². The van der Waals surface area contributed by atoms with Crippen LogP contribution in [0.15, 0.2) is 0 Å². The minimum atomic E-state index is 0.393. The SMILES string of the molecule is CCP(CC)[SiH2]C. The topological polar surface area (TPSA) is 0 Å². The van der Waals surface area contributed by atoms with Gasteiger partial charge in [0, 0.05) is 9.19 Å². The van der Waals surface area contributed by atoms with Gasteiger partial charge in [-0.15, -0.1) is 7.47 Å². The molecule has 0 amide bonds. The fourth-order valence-electron chi connectivity index (χ4n) is 0.671. The fourth-order valence-corrected chi connectivity index (χ4v) is 4.70. The van der Waals surface area contributed by atoms with Crippen LogP contribution in [0.2, 0.25) is 6.55 Å². The lowest BCUT2D eigenvalue weighted by Gasteiger charge is -2.06. The van der Waals surface area contributed by atoms with Gasteiger partial charge in [-0.3, -0.25) is 0 Å². The van der Waals surface area contributed by atoms with Crippen LogP contribution < -0.4 is 0 Å². The lowest BCUT2D eigenvalue weighted by molar-refractivity contribution is 1.43. The fraction of sp³-hybridized carbons (Fsp3) is 1.00. The van der Waals surface area contributed by atoms with Crippen molar-refractivity contribution in [2.45, 2.75) is 20.4 Å². The van der Waals surface area contributed by atoms with Gasteiger partial charge in [0.15, 0.2) is 0 Å². The minimum absolute atomic E-state index is 0.393. The molecule has 0 nitrogen and oxygen atoms in total. The summed E-state index contributed by atoms with van der Waals surface area (Å²) in [6.45, 7) is 7.08. The van der Waals surface area contributed by atoms with E-state index in [-0.39, 0.29) is 0 Å². The molecule has 0 aromatic heterocycles. The average Bonchev–Trinajstić information content (AvgIpc) is 1.72. The number of hydrogen-bond donors (Lipinski definition) is 0. The van der Waals surface area contributed by atoms with E-state index < -0.39 is 0 Å². The van der Waals surface area contributed by atoms with E-state index in [1.807, 2.05) is 0 Å². The molecule has 44 valence electrons. The molecule has 0 saturated heterocycles. The molecule has 0 rings (SSSR count). The van der Waals surface area contributed by atoms with Gasteiger partial charge in [-0.1, -0.05) is 20.4 Å². The quantitative estimate of drug-likeness (QED) is 0.406. The van der Waals surface area contributed by atoms with Crippen LogP contribution in [0.25, 0.3) is 0 Å². The highest BCUT2D eigenvalue weighted by Crippen LogP contribution is 2.30. The van der Waals surface area contributed by atoms with Crippen molar-refractivity contribution in [3.05, 3.63) is 0 Å². The van der Waals surface area contributed by atoms with Crippen LogP contribution in [0.5, 0.6) is 0 Å². The summed E-state index contributed by atoms with van der Waals surface area (Å²) in [5, 5.41) is 0. The summed E-state index contributed by atoms with van der Waals surface area (Å²) in [4.78, 5) is 0. The zero-order chi connectivity index (χ0) is 5.70. The van der Waals surface area contributed by atoms with Crippen LogP contribution in [-0.4, -0.2) is 21.5 Å². The maximum absolute atomic E-state index is 2.43. The molecule has 0 spiro atoms. The Morgan fingerprint density at radius 3 is 1.71 bits per heavy atom. The summed E-state index contributed by atoms with van der Waals surface area (Å²) in [7, 11) is 0.978. The standard InChI is InChI=1S/C5H15PSi/c1-4-6(5-2)7-3/h4-5,7H2,1-3H3. The van der Waals surface area contributed by atoms with Crippen molar-refractivity contribution in [1.82, 2.24) is 0 Å². The second-order valence-electron chi connectivity index (χ2n) is 1.62. The molecule has 0 N–H and O–H groups in total. The first kappa shape index (κ1) is 7.65. The van der Waals surface area contributed by atoms with Gasteiger partial charge in [-0.2, -0.15) is 0 Å². The van der Waals surface area contributed by atoms with Crippen molar-refractivity contribution in [2.75, 3.05) is 12.3 Å². The molecule has 0 aliphatic rings. The predicted molar refractivity (Wildman–Crippen MR) is 42.4 cm³/mol. The van der Waals surface area contributed by atoms with Gasteiger partial charge >= 0.3 is 0 Å². The lowest BCUT2D eigenvalue weighted by Crippen LogP contribution is -1.86. The highest BCUT2D eigenvalue weighted by molar-refractivity contribution is 7.85. The van der Waals surface area contributed by atoms with E-state index >= 15 is 0 Å². The van der Waals surface area contributed by atoms with E-state index in [4.69, 9.17) is 0 Å². The van der Waals surface area contributed by atoms with E-state index in [2.05, 4.69) is 20.4 Å². The molecule has 2 heteroatoms. The van der Waals surface area contributed by atoms with Crippen LogP contribution in [0.3, 0.4) is 0 Å². The maximum atomic E-state index is 2.43. The molecule has 0 unspecified atom stereocenters. The number of rotatable bonds is 3. The maximum Gasteiger partial charge on any atom is 0.0460 e. The molecule has 0 aliphatic heterocycles. The van der Waals surface area contributed by atoms with Crippen molar-refractivity contribution in [1.29, 1.82) is 0 Å². The summed E-state index contributed by atoms with van der Waals surface area (Å²) < 4.78 is 0. The van der Waals surface area contributed by atoms with Crippen LogP contribution in [0, 0.1) is 0 Å². The third-order valence-corrected chi connectivity index (χ3v) is 9.39. The molecule has 7 heavy (non-hydrogen) atoms. The summed E-state index contributed by atoms with van der Waals surface area (Å²) in [5.74, 6) is 0. The summed E-state index contributed by atoms with van der Waals surface area (Å²) in [5.41, 5.74) is 0. The Labute approximate surface area is 50.1 Å². The Kier molecular flexibility index (Phi) is 5.24. The van der Waals surface area contributed by atoms with Gasteiger partial charge < -0.3 is 0 Å². The normalized spacial score (nSPS) is 12.0. The van der Waals surface area contributed by atoms with E-state index in [1.165, 1.54) is 12.3 Å². The van der Waals surface area contributed by atoms with Gasteiger partial charge in [0.2, 0.25) is 0 Å². The van der Waals surface area contributed by atoms with Crippen molar-refractivity contribution in [3.8, 4) is 0 Å². The highest BCUT2D eigenvalue weighted by atomic mass is 31.4. The average molecular weight is 134 g/mol. The highest BCUT2D eigenvalue weighted by Gasteiger charge is 1.94. The molecule has 0 aliphatic carbocycles. The van der Waals surface area contributed by atoms with Crippen molar-refractivity contribution in [2.24, 2.45) is 0 Å². The molecule has 0 saturated carbocycles. The monoisotopic (exact) mass is 134 g/mol. The summed E-state index contributed by atoms with van der Waals surface area (Å²) in [6.07, 6.45) is 2.96.